The van der Waals surface area contributed by atoms with Crippen molar-refractivity contribution >= 4 is 5.69 Å². The molecule has 1 aromatic carbocycles. The zero-order valence-electron chi connectivity index (χ0n) is 9.23. The first-order chi connectivity index (χ1) is 8.29. The summed E-state index contributed by atoms with van der Waals surface area (Å²) in [6, 6.07) is 3.43. The molecule has 0 spiro atoms. The number of furan rings is 1. The van der Waals surface area contributed by atoms with Gasteiger partial charge in [0.15, 0.2) is 0 Å². The van der Waals surface area contributed by atoms with Gasteiger partial charge in [-0.1, -0.05) is 0 Å². The summed E-state index contributed by atoms with van der Waals surface area (Å²) in [6.45, 7) is 3.16. The smallest absolute Gasteiger partial charge is 0.250 e. The number of hydrogen-bond acceptors (Lipinski definition) is 5. The summed E-state index contributed by atoms with van der Waals surface area (Å²) in [5.74, 6) is 0.489. The average molecular weight is 232 g/mol. The van der Waals surface area contributed by atoms with Gasteiger partial charge in [0.25, 0.3) is 5.43 Å². The van der Waals surface area contributed by atoms with Crippen LogP contribution in [-0.4, -0.2) is 26.2 Å². The molecule has 88 valence electrons. The summed E-state index contributed by atoms with van der Waals surface area (Å²) in [5.41, 5.74) is 0.125. The Morgan fingerprint density at radius 1 is 1.18 bits per heavy atom. The second-order valence-corrected chi connectivity index (χ2v) is 4.10. The van der Waals surface area contributed by atoms with Crippen molar-refractivity contribution in [2.75, 3.05) is 31.1 Å². The monoisotopic (exact) mass is 232 g/mol. The zero-order valence-corrected chi connectivity index (χ0v) is 9.23. The third-order valence-electron chi connectivity index (χ3n) is 3.09. The van der Waals surface area contributed by atoms with E-state index in [-0.39, 0.29) is 0 Å². The summed E-state index contributed by atoms with van der Waals surface area (Å²) in [5, 5.41) is 3.21. The van der Waals surface area contributed by atoms with Crippen LogP contribution in [-0.2, 0) is 0 Å². The Kier molecular flexibility index (Phi) is 2.33. The minimum Gasteiger partial charge on any atom is -0.464 e. The fraction of sp³-hybridized carbons (Fsp3) is 0.333. The number of piperazine rings is 1. The molecule has 1 aliphatic rings. The van der Waals surface area contributed by atoms with Crippen LogP contribution in [0.15, 0.2) is 32.4 Å². The van der Waals surface area contributed by atoms with Crippen molar-refractivity contribution in [1.29, 1.82) is 0 Å². The Morgan fingerprint density at radius 2 is 1.94 bits per heavy atom. The van der Waals surface area contributed by atoms with Gasteiger partial charge in [-0.2, -0.15) is 0 Å². The standard InChI is InChI=1S/C12H12N2O3/c15-11-9(8-2-1-7-17-8)10(12(11)16)14-5-3-13-4-6-14/h1-2,7,13H,3-6H2. The molecule has 0 amide bonds. The number of nitrogens with one attached hydrogen (secondary N) is 1. The maximum Gasteiger partial charge on any atom is 0.250 e. The summed E-state index contributed by atoms with van der Waals surface area (Å²) < 4.78 is 5.20. The highest BCUT2D eigenvalue weighted by atomic mass is 16.3. The molecule has 1 aromatic heterocycles. The Morgan fingerprint density at radius 3 is 2.59 bits per heavy atom. The highest BCUT2D eigenvalue weighted by molar-refractivity contribution is 5.79. The topological polar surface area (TPSA) is 62.6 Å². The number of rotatable bonds is 2. The SMILES string of the molecule is O=c1c(-c2ccco2)c(N2CCNCC2)c1=O. The fourth-order valence-corrected chi connectivity index (χ4v) is 2.22. The van der Waals surface area contributed by atoms with Crippen LogP contribution in [0.4, 0.5) is 5.69 Å². The van der Waals surface area contributed by atoms with E-state index < -0.39 is 10.9 Å². The maximum atomic E-state index is 11.7. The van der Waals surface area contributed by atoms with Crippen LogP contribution in [0, 0.1) is 0 Å². The van der Waals surface area contributed by atoms with Crippen molar-refractivity contribution in [3.05, 3.63) is 38.8 Å². The highest BCUT2D eigenvalue weighted by Gasteiger charge is 2.28. The van der Waals surface area contributed by atoms with E-state index in [9.17, 15) is 9.59 Å². The lowest BCUT2D eigenvalue weighted by Gasteiger charge is -2.30. The van der Waals surface area contributed by atoms with E-state index in [1.54, 1.807) is 12.1 Å². The van der Waals surface area contributed by atoms with Gasteiger partial charge in [-0.05, 0) is 12.1 Å². The van der Waals surface area contributed by atoms with E-state index in [0.717, 1.165) is 26.2 Å². The average Bonchev–Trinajstić information content (AvgIpc) is 2.88. The molecule has 1 N–H and O–H groups in total. The fourth-order valence-electron chi connectivity index (χ4n) is 2.22. The van der Waals surface area contributed by atoms with E-state index in [0.29, 0.717) is 17.0 Å². The van der Waals surface area contributed by atoms with Crippen LogP contribution in [0.25, 0.3) is 11.3 Å². The summed E-state index contributed by atoms with van der Waals surface area (Å²) in [7, 11) is 0. The quantitative estimate of drug-likeness (QED) is 0.736. The van der Waals surface area contributed by atoms with Gasteiger partial charge in [-0.3, -0.25) is 9.59 Å². The number of hydrogen-bond donors (Lipinski definition) is 1. The van der Waals surface area contributed by atoms with Crippen LogP contribution >= 0.6 is 0 Å². The van der Waals surface area contributed by atoms with E-state index in [1.165, 1.54) is 6.26 Å². The maximum absolute atomic E-state index is 11.7. The molecule has 0 radical (unpaired) electrons. The van der Waals surface area contributed by atoms with Gasteiger partial charge in [-0.25, -0.2) is 0 Å². The molecule has 1 saturated heterocycles. The zero-order chi connectivity index (χ0) is 11.8. The largest absolute Gasteiger partial charge is 0.464 e. The van der Waals surface area contributed by atoms with Crippen molar-refractivity contribution in [3.63, 3.8) is 0 Å². The minimum absolute atomic E-state index is 0.390. The van der Waals surface area contributed by atoms with Crippen LogP contribution in [0.2, 0.25) is 0 Å². The Balaban J connectivity index is 2.03. The molecule has 2 aromatic rings. The molecular formula is C12H12N2O3. The molecule has 5 nitrogen and oxygen atoms in total. The van der Waals surface area contributed by atoms with Crippen molar-refractivity contribution in [3.8, 4) is 11.3 Å². The second kappa shape index (κ2) is 3.85. The molecule has 2 heterocycles. The third-order valence-corrected chi connectivity index (χ3v) is 3.09. The Bertz CT molecular complexity index is 588. The van der Waals surface area contributed by atoms with E-state index in [2.05, 4.69) is 5.32 Å². The first kappa shape index (κ1) is 10.3. The summed E-state index contributed by atoms with van der Waals surface area (Å²) in [4.78, 5) is 25.2. The van der Waals surface area contributed by atoms with Crippen LogP contribution in [0.5, 0.6) is 0 Å². The molecule has 0 saturated carbocycles. The summed E-state index contributed by atoms with van der Waals surface area (Å²) >= 11 is 0. The normalized spacial score (nSPS) is 16.6. The van der Waals surface area contributed by atoms with Crippen molar-refractivity contribution in [1.82, 2.24) is 5.32 Å². The molecule has 0 atom stereocenters. The molecule has 3 rings (SSSR count). The molecule has 5 heteroatoms. The van der Waals surface area contributed by atoms with Gasteiger partial charge in [0, 0.05) is 26.2 Å². The van der Waals surface area contributed by atoms with Gasteiger partial charge < -0.3 is 14.6 Å². The van der Waals surface area contributed by atoms with Crippen LogP contribution in [0.3, 0.4) is 0 Å². The first-order valence-corrected chi connectivity index (χ1v) is 5.62. The number of anilines is 1. The second-order valence-electron chi connectivity index (χ2n) is 4.10. The predicted molar refractivity (Wildman–Crippen MR) is 64.1 cm³/mol. The number of nitrogens with zero attached hydrogens (tertiary/aromatic N) is 1. The lowest BCUT2D eigenvalue weighted by Crippen LogP contribution is -2.50. The molecular weight excluding hydrogens is 220 g/mol. The van der Waals surface area contributed by atoms with Crippen molar-refractivity contribution < 1.29 is 4.42 Å². The van der Waals surface area contributed by atoms with Gasteiger partial charge in [0.2, 0.25) is 5.43 Å². The lowest BCUT2D eigenvalue weighted by atomic mass is 10.0. The third kappa shape index (κ3) is 1.51. The molecule has 17 heavy (non-hydrogen) atoms. The molecule has 0 aliphatic carbocycles. The van der Waals surface area contributed by atoms with Crippen molar-refractivity contribution in [2.45, 2.75) is 0 Å². The first-order valence-electron chi connectivity index (χ1n) is 5.62. The summed E-state index contributed by atoms with van der Waals surface area (Å²) in [6.07, 6.45) is 1.51. The van der Waals surface area contributed by atoms with Crippen molar-refractivity contribution in [2.24, 2.45) is 0 Å². The van der Waals surface area contributed by atoms with Crippen LogP contribution < -0.4 is 21.1 Å². The Labute approximate surface area is 97.3 Å². The van der Waals surface area contributed by atoms with Gasteiger partial charge in [0.05, 0.1) is 11.8 Å². The molecule has 1 aliphatic heterocycles. The molecule has 1 fully saturated rings. The van der Waals surface area contributed by atoms with Gasteiger partial charge >= 0.3 is 0 Å². The van der Waals surface area contributed by atoms with E-state index in [4.69, 9.17) is 4.42 Å². The highest BCUT2D eigenvalue weighted by Crippen LogP contribution is 2.26. The van der Waals surface area contributed by atoms with Crippen LogP contribution in [0.1, 0.15) is 0 Å². The van der Waals surface area contributed by atoms with Gasteiger partial charge in [-0.15, -0.1) is 0 Å². The van der Waals surface area contributed by atoms with E-state index >= 15 is 0 Å². The lowest BCUT2D eigenvalue weighted by molar-refractivity contribution is 0.573. The predicted octanol–water partition coefficient (Wildman–Crippen LogP) is -0.0478. The van der Waals surface area contributed by atoms with E-state index in [1.807, 2.05) is 4.90 Å². The Hall–Kier alpha value is -1.88. The molecule has 0 unspecified atom stereocenters. The molecule has 0 bridgehead atoms. The minimum atomic E-state index is -0.437. The van der Waals surface area contributed by atoms with Gasteiger partial charge in [0.1, 0.15) is 11.4 Å².